The van der Waals surface area contributed by atoms with Gasteiger partial charge in [-0.25, -0.2) is 22.5 Å². The van der Waals surface area contributed by atoms with E-state index in [-0.39, 0.29) is 53.0 Å². The zero-order valence-electron chi connectivity index (χ0n) is 20.8. The second-order valence-electron chi connectivity index (χ2n) is 10.1. The van der Waals surface area contributed by atoms with E-state index in [1.165, 1.54) is 29.0 Å². The van der Waals surface area contributed by atoms with E-state index in [4.69, 9.17) is 0 Å². The smallest absolute Gasteiger partial charge is 0.272 e. The molecule has 5 rings (SSSR count). The van der Waals surface area contributed by atoms with Gasteiger partial charge in [-0.15, -0.1) is 0 Å². The lowest BCUT2D eigenvalue weighted by Crippen LogP contribution is -2.30. The summed E-state index contributed by atoms with van der Waals surface area (Å²) in [5, 5.41) is 0. The first-order valence-electron chi connectivity index (χ1n) is 12.6. The summed E-state index contributed by atoms with van der Waals surface area (Å²) in [6.07, 6.45) is 7.32. The monoisotopic (exact) mass is 512 g/mol. The van der Waals surface area contributed by atoms with Gasteiger partial charge in [0.05, 0.1) is 17.9 Å². The maximum Gasteiger partial charge on any atom is 0.272 e. The van der Waals surface area contributed by atoms with Crippen molar-refractivity contribution >= 4 is 11.2 Å². The molecule has 1 saturated carbocycles. The molecule has 0 unspecified atom stereocenters. The second-order valence-corrected chi connectivity index (χ2v) is 10.1. The molecule has 2 aliphatic carbocycles. The number of halogens is 4. The van der Waals surface area contributed by atoms with Crippen LogP contribution in [0.3, 0.4) is 0 Å². The lowest BCUT2D eigenvalue weighted by molar-refractivity contribution is 0.0160. The Morgan fingerprint density at radius 2 is 1.84 bits per heavy atom. The topological polar surface area (TPSA) is 60.7 Å². The van der Waals surface area contributed by atoms with E-state index in [1.807, 2.05) is 0 Å². The first-order chi connectivity index (χ1) is 17.6. The number of rotatable bonds is 5. The van der Waals surface area contributed by atoms with Crippen LogP contribution in [-0.4, -0.2) is 19.5 Å². The van der Waals surface area contributed by atoms with E-state index in [9.17, 15) is 22.4 Å². The van der Waals surface area contributed by atoms with Gasteiger partial charge in [0, 0.05) is 42.4 Å². The van der Waals surface area contributed by atoms with E-state index in [2.05, 4.69) is 15.0 Å². The summed E-state index contributed by atoms with van der Waals surface area (Å²) >= 11 is 0. The Bertz CT molecular complexity index is 1460. The van der Waals surface area contributed by atoms with Crippen molar-refractivity contribution in [3.05, 3.63) is 86.8 Å². The minimum atomic E-state index is -3.13. The SMILES string of the molecule is Cc1cnc2cc(C3CCC(C4=C(F)CCC=C4F)CC3)c(=O)n(Cc3ncccc3C(C)(F)F)c2n1. The molecule has 3 aromatic heterocycles. The number of hydrogen-bond donors (Lipinski definition) is 0. The fraction of sp³-hybridized carbons (Fsp3) is 0.429. The van der Waals surface area contributed by atoms with Crippen molar-refractivity contribution in [1.82, 2.24) is 19.5 Å². The molecule has 0 amide bonds. The Morgan fingerprint density at radius 1 is 1.11 bits per heavy atom. The van der Waals surface area contributed by atoms with Crippen molar-refractivity contribution in [1.29, 1.82) is 0 Å². The molecule has 2 aliphatic rings. The zero-order chi connectivity index (χ0) is 26.3. The van der Waals surface area contributed by atoms with Crippen molar-refractivity contribution in [2.24, 2.45) is 5.92 Å². The van der Waals surface area contributed by atoms with Crippen LogP contribution in [-0.2, 0) is 12.5 Å². The first kappa shape index (κ1) is 25.3. The molecular formula is C28H28F4N4O. The number of allylic oxidation sites excluding steroid dienone is 4. The minimum absolute atomic E-state index is 0.0875. The Hall–Kier alpha value is -3.36. The van der Waals surface area contributed by atoms with Gasteiger partial charge in [0.1, 0.15) is 17.2 Å². The summed E-state index contributed by atoms with van der Waals surface area (Å²) in [7, 11) is 0. The lowest BCUT2D eigenvalue weighted by Gasteiger charge is -2.31. The third-order valence-electron chi connectivity index (χ3n) is 7.43. The molecular weight excluding hydrogens is 484 g/mol. The number of pyridine rings is 2. The summed E-state index contributed by atoms with van der Waals surface area (Å²) in [5.74, 6) is -4.34. The van der Waals surface area contributed by atoms with Crippen molar-refractivity contribution in [2.75, 3.05) is 0 Å². The summed E-state index contributed by atoms with van der Waals surface area (Å²) < 4.78 is 58.8. The molecule has 0 aliphatic heterocycles. The molecule has 0 saturated heterocycles. The standard InChI is InChI=1S/C28H28F4N4O/c1-16-14-34-23-13-19(17-8-10-18(11-9-17)25-21(29)6-3-7-22(25)30)27(37)36(26(23)35-16)15-24-20(28(2,31)32)5-4-12-33-24/h4-6,12-14,17-18H,3,7-11,15H2,1-2H3. The molecule has 0 bridgehead atoms. The van der Waals surface area contributed by atoms with E-state index in [0.29, 0.717) is 54.5 Å². The minimum Gasteiger partial charge on any atom is -0.285 e. The number of alkyl halides is 2. The van der Waals surface area contributed by atoms with Crippen molar-refractivity contribution < 1.29 is 17.6 Å². The number of aryl methyl sites for hydroxylation is 1. The third kappa shape index (κ3) is 4.95. The molecule has 3 aromatic rings. The van der Waals surface area contributed by atoms with Crippen LogP contribution in [0.5, 0.6) is 0 Å². The van der Waals surface area contributed by atoms with Crippen LogP contribution in [0.1, 0.15) is 73.9 Å². The molecule has 194 valence electrons. The van der Waals surface area contributed by atoms with Gasteiger partial charge in [-0.1, -0.05) is 0 Å². The summed E-state index contributed by atoms with van der Waals surface area (Å²) in [6, 6.07) is 4.48. The van der Waals surface area contributed by atoms with Crippen LogP contribution >= 0.6 is 0 Å². The second kappa shape index (κ2) is 9.84. The van der Waals surface area contributed by atoms with Gasteiger partial charge in [0.15, 0.2) is 5.65 Å². The van der Waals surface area contributed by atoms with Gasteiger partial charge in [-0.3, -0.25) is 19.3 Å². The quantitative estimate of drug-likeness (QED) is 0.353. The van der Waals surface area contributed by atoms with Crippen LogP contribution in [0.4, 0.5) is 17.6 Å². The zero-order valence-corrected chi connectivity index (χ0v) is 20.8. The van der Waals surface area contributed by atoms with Crippen molar-refractivity contribution in [3.63, 3.8) is 0 Å². The highest BCUT2D eigenvalue weighted by atomic mass is 19.3. The summed E-state index contributed by atoms with van der Waals surface area (Å²) in [5.41, 5.74) is 1.58. The fourth-order valence-corrected chi connectivity index (χ4v) is 5.60. The molecule has 9 heteroatoms. The van der Waals surface area contributed by atoms with Crippen LogP contribution < -0.4 is 5.56 Å². The Kier molecular flexibility index (Phi) is 6.72. The van der Waals surface area contributed by atoms with Crippen LogP contribution in [0, 0.1) is 12.8 Å². The van der Waals surface area contributed by atoms with Crippen LogP contribution in [0.15, 0.2) is 58.7 Å². The van der Waals surface area contributed by atoms with E-state index in [0.717, 1.165) is 6.92 Å². The molecule has 0 N–H and O–H groups in total. The highest BCUT2D eigenvalue weighted by molar-refractivity contribution is 5.71. The normalized spacial score (nSPS) is 20.9. The van der Waals surface area contributed by atoms with Crippen molar-refractivity contribution in [3.8, 4) is 0 Å². The largest absolute Gasteiger partial charge is 0.285 e. The Labute approximate surface area is 212 Å². The molecule has 1 fully saturated rings. The fourth-order valence-electron chi connectivity index (χ4n) is 5.60. The predicted molar refractivity (Wildman–Crippen MR) is 133 cm³/mol. The molecule has 5 nitrogen and oxygen atoms in total. The van der Waals surface area contributed by atoms with Gasteiger partial charge in [0.2, 0.25) is 0 Å². The highest BCUT2D eigenvalue weighted by Gasteiger charge is 2.32. The maximum absolute atomic E-state index is 14.4. The first-order valence-corrected chi connectivity index (χ1v) is 12.6. The predicted octanol–water partition coefficient (Wildman–Crippen LogP) is 6.80. The number of hydrogen-bond acceptors (Lipinski definition) is 4. The summed E-state index contributed by atoms with van der Waals surface area (Å²) in [4.78, 5) is 26.9. The third-order valence-corrected chi connectivity index (χ3v) is 7.43. The van der Waals surface area contributed by atoms with Gasteiger partial charge < -0.3 is 0 Å². The van der Waals surface area contributed by atoms with E-state index >= 15 is 0 Å². The highest BCUT2D eigenvalue weighted by Crippen LogP contribution is 2.43. The Morgan fingerprint density at radius 3 is 2.54 bits per heavy atom. The molecule has 0 radical (unpaired) electrons. The maximum atomic E-state index is 14.4. The number of nitrogens with zero attached hydrogens (tertiary/aromatic N) is 4. The van der Waals surface area contributed by atoms with Gasteiger partial charge in [-0.05, 0) is 75.1 Å². The Balaban J connectivity index is 1.52. The van der Waals surface area contributed by atoms with Gasteiger partial charge >= 0.3 is 0 Å². The van der Waals surface area contributed by atoms with Gasteiger partial charge in [0.25, 0.3) is 11.5 Å². The molecule has 0 spiro atoms. The average molecular weight is 513 g/mol. The number of fused-ring (bicyclic) bond motifs is 1. The van der Waals surface area contributed by atoms with E-state index < -0.39 is 11.7 Å². The number of aromatic nitrogens is 4. The van der Waals surface area contributed by atoms with Crippen LogP contribution in [0.25, 0.3) is 11.2 Å². The molecule has 0 aromatic carbocycles. The summed E-state index contributed by atoms with van der Waals surface area (Å²) in [6.45, 7) is 2.37. The van der Waals surface area contributed by atoms with Gasteiger partial charge in [-0.2, -0.15) is 0 Å². The van der Waals surface area contributed by atoms with Crippen molar-refractivity contribution in [2.45, 2.75) is 70.8 Å². The molecule has 3 heterocycles. The molecule has 37 heavy (non-hydrogen) atoms. The lowest BCUT2D eigenvalue weighted by atomic mass is 9.75. The van der Waals surface area contributed by atoms with E-state index in [1.54, 1.807) is 19.2 Å². The average Bonchev–Trinajstić information content (AvgIpc) is 2.86. The molecule has 0 atom stereocenters. The van der Waals surface area contributed by atoms with Crippen LogP contribution in [0.2, 0.25) is 0 Å².